The molecule has 3 nitrogen and oxygen atoms in total. The van der Waals surface area contributed by atoms with Crippen LogP contribution in [-0.2, 0) is 5.41 Å². The second-order valence-corrected chi connectivity index (χ2v) is 16.2. The topological polar surface area (TPSA) is 30.7 Å². The molecule has 58 heavy (non-hydrogen) atoms. The van der Waals surface area contributed by atoms with E-state index in [-0.39, 0.29) is 5.41 Å². The Bertz CT molecular complexity index is 3370. The van der Waals surface area contributed by atoms with Crippen LogP contribution in [0.1, 0.15) is 25.0 Å². The molecule has 0 spiro atoms. The van der Waals surface area contributed by atoms with Crippen LogP contribution in [0.15, 0.2) is 188 Å². The van der Waals surface area contributed by atoms with Crippen molar-refractivity contribution in [2.75, 3.05) is 0 Å². The van der Waals surface area contributed by atoms with E-state index in [4.69, 9.17) is 4.98 Å². The second-order valence-electron chi connectivity index (χ2n) is 16.2. The van der Waals surface area contributed by atoms with Crippen molar-refractivity contribution in [1.29, 1.82) is 0 Å². The van der Waals surface area contributed by atoms with E-state index in [1.54, 1.807) is 12.4 Å². The Morgan fingerprint density at radius 3 is 1.40 bits per heavy atom. The van der Waals surface area contributed by atoms with Crippen LogP contribution in [0.4, 0.5) is 0 Å². The van der Waals surface area contributed by atoms with Crippen molar-refractivity contribution in [3.8, 4) is 50.2 Å². The van der Waals surface area contributed by atoms with Crippen LogP contribution in [0.25, 0.3) is 105 Å². The second kappa shape index (κ2) is 12.3. The van der Waals surface area contributed by atoms with Gasteiger partial charge in [0.15, 0.2) is 0 Å². The van der Waals surface area contributed by atoms with Gasteiger partial charge in [-0.1, -0.05) is 153 Å². The molecule has 1 aliphatic rings. The zero-order valence-corrected chi connectivity index (χ0v) is 32.2. The monoisotopic (exact) mass is 739 g/mol. The molecule has 0 saturated carbocycles. The fourth-order valence-electron chi connectivity index (χ4n) is 9.76. The highest BCUT2D eigenvalue weighted by atomic mass is 15.0. The van der Waals surface area contributed by atoms with Gasteiger partial charge in [-0.05, 0) is 103 Å². The van der Waals surface area contributed by atoms with Gasteiger partial charge in [0.2, 0.25) is 0 Å². The third kappa shape index (κ3) is 4.80. The van der Waals surface area contributed by atoms with Gasteiger partial charge < -0.3 is 4.57 Å². The molecule has 0 bridgehead atoms. The molecular formula is C55H37N3. The lowest BCUT2D eigenvalue weighted by Crippen LogP contribution is -2.15. The lowest BCUT2D eigenvalue weighted by Gasteiger charge is -2.23. The maximum atomic E-state index is 4.73. The van der Waals surface area contributed by atoms with Crippen LogP contribution in [0.2, 0.25) is 0 Å². The Morgan fingerprint density at radius 2 is 0.793 bits per heavy atom. The summed E-state index contributed by atoms with van der Waals surface area (Å²) in [5, 5.41) is 7.23. The van der Waals surface area contributed by atoms with Crippen LogP contribution in [-0.4, -0.2) is 14.5 Å². The van der Waals surface area contributed by atoms with E-state index in [0.29, 0.717) is 0 Å². The average molecular weight is 740 g/mol. The van der Waals surface area contributed by atoms with Gasteiger partial charge >= 0.3 is 0 Å². The van der Waals surface area contributed by atoms with Gasteiger partial charge in [0, 0.05) is 45.0 Å². The molecule has 0 aliphatic heterocycles. The summed E-state index contributed by atoms with van der Waals surface area (Å²) >= 11 is 0. The molecule has 2 aromatic heterocycles. The third-order valence-electron chi connectivity index (χ3n) is 12.7. The van der Waals surface area contributed by atoms with Crippen molar-refractivity contribution in [3.05, 3.63) is 199 Å². The molecule has 3 heteroatoms. The number of fused-ring (bicyclic) bond motifs is 12. The highest BCUT2D eigenvalue weighted by molar-refractivity contribution is 6.23. The zero-order chi connectivity index (χ0) is 38.5. The predicted molar refractivity (Wildman–Crippen MR) is 243 cm³/mol. The molecule has 0 N–H and O–H groups in total. The van der Waals surface area contributed by atoms with Gasteiger partial charge in [-0.25, -0.2) is 0 Å². The van der Waals surface area contributed by atoms with E-state index < -0.39 is 0 Å². The maximum Gasteiger partial charge on any atom is 0.0971 e. The summed E-state index contributed by atoms with van der Waals surface area (Å²) in [5.41, 5.74) is 18.1. The molecule has 0 saturated heterocycles. The number of nitrogens with zero attached hydrogens (tertiary/aromatic N) is 3. The molecular weight excluding hydrogens is 703 g/mol. The van der Waals surface area contributed by atoms with Gasteiger partial charge in [0.1, 0.15) is 0 Å². The molecule has 0 radical (unpaired) electrons. The molecule has 272 valence electrons. The van der Waals surface area contributed by atoms with E-state index in [0.717, 1.165) is 21.8 Å². The van der Waals surface area contributed by atoms with Crippen molar-refractivity contribution < 1.29 is 0 Å². The molecule has 2 heterocycles. The minimum Gasteiger partial charge on any atom is -0.309 e. The minimum absolute atomic E-state index is 0.142. The van der Waals surface area contributed by atoms with Crippen molar-refractivity contribution in [2.24, 2.45) is 0 Å². The highest BCUT2D eigenvalue weighted by Crippen LogP contribution is 2.51. The first-order chi connectivity index (χ1) is 28.5. The lowest BCUT2D eigenvalue weighted by molar-refractivity contribution is 0.660. The first-order valence-corrected chi connectivity index (χ1v) is 20.1. The summed E-state index contributed by atoms with van der Waals surface area (Å²) in [6.07, 6.45) is 3.56. The third-order valence-corrected chi connectivity index (χ3v) is 12.7. The molecule has 0 fully saturated rings. The summed E-state index contributed by atoms with van der Waals surface area (Å²) in [7, 11) is 0. The summed E-state index contributed by atoms with van der Waals surface area (Å²) in [4.78, 5) is 9.41. The van der Waals surface area contributed by atoms with Gasteiger partial charge in [-0.3, -0.25) is 9.97 Å². The van der Waals surface area contributed by atoms with Gasteiger partial charge in [-0.15, -0.1) is 0 Å². The normalized spacial score (nSPS) is 13.1. The van der Waals surface area contributed by atoms with Gasteiger partial charge in [0.05, 0.1) is 22.1 Å². The molecule has 1 aliphatic carbocycles. The Balaban J connectivity index is 0.842. The SMILES string of the molecule is CC1(C)c2cc(-c3ccc(-c4ccc(-c5ccc6c(c5)c5ccccc5c5nccnc65)cc4)cc3)ccc2-c2ccc(-n3c4ccccc4c4ccccc43)cc21. The number of para-hydroxylation sites is 2. The number of aromatic nitrogens is 3. The molecule has 0 atom stereocenters. The zero-order valence-electron chi connectivity index (χ0n) is 32.2. The lowest BCUT2D eigenvalue weighted by atomic mass is 9.81. The first-order valence-electron chi connectivity index (χ1n) is 20.1. The predicted octanol–water partition coefficient (Wildman–Crippen LogP) is 14.3. The Hall–Kier alpha value is -7.36. The largest absolute Gasteiger partial charge is 0.309 e. The Morgan fingerprint density at radius 1 is 0.362 bits per heavy atom. The molecule has 0 amide bonds. The smallest absolute Gasteiger partial charge is 0.0971 e. The quantitative estimate of drug-likeness (QED) is 0.168. The highest BCUT2D eigenvalue weighted by Gasteiger charge is 2.36. The Kier molecular flexibility index (Phi) is 6.98. The maximum absolute atomic E-state index is 4.73. The van der Waals surface area contributed by atoms with Gasteiger partial charge in [-0.2, -0.15) is 0 Å². The molecule has 12 rings (SSSR count). The van der Waals surface area contributed by atoms with E-state index in [9.17, 15) is 0 Å². The molecule has 0 unspecified atom stereocenters. The van der Waals surface area contributed by atoms with E-state index in [1.807, 2.05) is 0 Å². The fraction of sp³-hybridized carbons (Fsp3) is 0.0545. The van der Waals surface area contributed by atoms with E-state index >= 15 is 0 Å². The standard InChI is InChI=1S/C55H37N3/c1-55(2)49-32-39(23-26-42(49)43-28-25-40(33-50(43)55)58-51-13-7-5-10-44(51)45-11-6-8-14-52(45)58)37-21-17-35(18-22-37)34-15-19-36(20-16-34)38-24-27-47-48(31-38)41-9-3-4-12-46(41)53-54(47)57-30-29-56-53/h3-33H,1-2H3. The van der Waals surface area contributed by atoms with E-state index in [1.165, 1.54) is 93.9 Å². The minimum atomic E-state index is -0.142. The molecule has 11 aromatic rings. The summed E-state index contributed by atoms with van der Waals surface area (Å²) in [6, 6.07) is 64.8. The van der Waals surface area contributed by atoms with Crippen LogP contribution >= 0.6 is 0 Å². The number of hydrogen-bond acceptors (Lipinski definition) is 2. The van der Waals surface area contributed by atoms with Crippen LogP contribution in [0, 0.1) is 0 Å². The Labute approximate surface area is 336 Å². The van der Waals surface area contributed by atoms with Crippen molar-refractivity contribution in [3.63, 3.8) is 0 Å². The van der Waals surface area contributed by atoms with Crippen LogP contribution < -0.4 is 0 Å². The number of rotatable bonds is 4. The number of benzene rings is 9. The van der Waals surface area contributed by atoms with Crippen LogP contribution in [0.5, 0.6) is 0 Å². The summed E-state index contributed by atoms with van der Waals surface area (Å²) < 4.78 is 2.42. The first kappa shape index (κ1) is 32.8. The average Bonchev–Trinajstić information content (AvgIpc) is 3.74. The van der Waals surface area contributed by atoms with Gasteiger partial charge in [0.25, 0.3) is 0 Å². The fourth-order valence-corrected chi connectivity index (χ4v) is 9.76. The summed E-state index contributed by atoms with van der Waals surface area (Å²) in [5.74, 6) is 0. The van der Waals surface area contributed by atoms with Crippen molar-refractivity contribution in [1.82, 2.24) is 14.5 Å². The summed E-state index contributed by atoms with van der Waals surface area (Å²) in [6.45, 7) is 4.75. The van der Waals surface area contributed by atoms with E-state index in [2.05, 4.69) is 199 Å². The van der Waals surface area contributed by atoms with Crippen molar-refractivity contribution in [2.45, 2.75) is 19.3 Å². The van der Waals surface area contributed by atoms with Crippen LogP contribution in [0.3, 0.4) is 0 Å². The molecule has 9 aromatic carbocycles. The number of hydrogen-bond donors (Lipinski definition) is 0. The van der Waals surface area contributed by atoms with Crippen molar-refractivity contribution >= 4 is 54.4 Å².